The molecule has 0 amide bonds. The quantitative estimate of drug-likeness (QED) is 0.742. The number of allylic oxidation sites excluding steroid dienone is 2. The third-order valence-electron chi connectivity index (χ3n) is 9.08. The lowest BCUT2D eigenvalue weighted by molar-refractivity contribution is -0.0775. The van der Waals surface area contributed by atoms with E-state index in [1.807, 2.05) is 6.20 Å². The number of fused-ring (bicyclic) bond motifs is 5. The van der Waals surface area contributed by atoms with Gasteiger partial charge in [-0.25, -0.2) is 0 Å². The van der Waals surface area contributed by atoms with Crippen LogP contribution in [0.3, 0.4) is 0 Å². The molecule has 1 aromatic heterocycles. The Morgan fingerprint density at radius 1 is 1.12 bits per heavy atom. The maximum absolute atomic E-state index is 4.41. The number of aromatic nitrogens is 1. The number of hydrogen-bond acceptors (Lipinski definition) is 2. The Bertz CT molecular complexity index is 695. The molecule has 4 aliphatic rings. The molecule has 1 saturated heterocycles. The molecule has 2 nitrogen and oxygen atoms in total. The van der Waals surface area contributed by atoms with E-state index < -0.39 is 0 Å². The first-order valence-electron chi connectivity index (χ1n) is 10.9. The highest BCUT2D eigenvalue weighted by atomic mass is 14.9. The highest BCUT2D eigenvalue weighted by molar-refractivity contribution is 5.72. The number of nitrogens with one attached hydrogen (secondary N) is 1. The van der Waals surface area contributed by atoms with E-state index in [0.29, 0.717) is 10.8 Å². The molecule has 5 rings (SSSR count). The molecule has 0 bridgehead atoms. The van der Waals surface area contributed by atoms with E-state index in [1.165, 1.54) is 63.6 Å². The van der Waals surface area contributed by atoms with Crippen LogP contribution in [-0.2, 0) is 0 Å². The normalized spacial score (nSPS) is 45.1. The molecule has 3 aliphatic carbocycles. The third-order valence-corrected chi connectivity index (χ3v) is 9.08. The van der Waals surface area contributed by atoms with Crippen molar-refractivity contribution in [3.05, 3.63) is 36.2 Å². The predicted octanol–water partition coefficient (Wildman–Crippen LogP) is 5.32. The van der Waals surface area contributed by atoms with Crippen LogP contribution in [-0.4, -0.2) is 18.1 Å². The maximum Gasteiger partial charge on any atom is 0.0343 e. The van der Waals surface area contributed by atoms with Gasteiger partial charge in [-0.3, -0.25) is 4.98 Å². The Hall–Kier alpha value is -1.15. The molecule has 2 heteroatoms. The highest BCUT2D eigenvalue weighted by Gasteiger charge is 2.57. The molecule has 26 heavy (non-hydrogen) atoms. The Balaban J connectivity index is 1.45. The van der Waals surface area contributed by atoms with Gasteiger partial charge in [-0.2, -0.15) is 0 Å². The molecule has 140 valence electrons. The molecule has 3 fully saturated rings. The van der Waals surface area contributed by atoms with Gasteiger partial charge in [0, 0.05) is 12.4 Å². The molecular weight excluding hydrogens is 316 g/mol. The Morgan fingerprint density at radius 2 is 2.04 bits per heavy atom. The van der Waals surface area contributed by atoms with E-state index in [0.717, 1.165) is 23.7 Å². The van der Waals surface area contributed by atoms with Gasteiger partial charge in [-0.1, -0.05) is 26.0 Å². The smallest absolute Gasteiger partial charge is 0.0343 e. The van der Waals surface area contributed by atoms with Crippen molar-refractivity contribution < 1.29 is 0 Å². The fourth-order valence-electron chi connectivity index (χ4n) is 7.67. The standard InChI is InChI=1S/C24H34N2/c1-23-11-4-14-26-16-18(23)6-7-19-21-9-8-20(17-5-3-13-25-15-17)24(21,2)12-10-22(19)23/h3,5,8,13,15,18-19,21-22,26H,4,6-7,9-12,14,16H2,1-2H3. The lowest BCUT2D eigenvalue weighted by atomic mass is 9.46. The Labute approximate surface area is 158 Å². The molecule has 6 atom stereocenters. The van der Waals surface area contributed by atoms with E-state index in [2.05, 4.69) is 48.6 Å². The van der Waals surface area contributed by atoms with Crippen molar-refractivity contribution in [3.63, 3.8) is 0 Å². The fourth-order valence-corrected chi connectivity index (χ4v) is 7.67. The molecule has 2 saturated carbocycles. The summed E-state index contributed by atoms with van der Waals surface area (Å²) in [6, 6.07) is 4.37. The summed E-state index contributed by atoms with van der Waals surface area (Å²) in [5.74, 6) is 3.63. The first kappa shape index (κ1) is 17.0. The van der Waals surface area contributed by atoms with E-state index >= 15 is 0 Å². The van der Waals surface area contributed by atoms with Crippen LogP contribution in [0.1, 0.15) is 64.4 Å². The molecule has 0 aromatic carbocycles. The number of rotatable bonds is 1. The largest absolute Gasteiger partial charge is 0.316 e. The summed E-state index contributed by atoms with van der Waals surface area (Å²) in [6.45, 7) is 7.73. The van der Waals surface area contributed by atoms with E-state index in [-0.39, 0.29) is 0 Å². The van der Waals surface area contributed by atoms with Crippen LogP contribution in [0, 0.1) is 34.5 Å². The second-order valence-electron chi connectivity index (χ2n) is 10.0. The average Bonchev–Trinajstić information content (AvgIpc) is 2.88. The van der Waals surface area contributed by atoms with Gasteiger partial charge in [0.2, 0.25) is 0 Å². The van der Waals surface area contributed by atoms with Gasteiger partial charge >= 0.3 is 0 Å². The molecule has 6 unspecified atom stereocenters. The molecule has 1 aliphatic heterocycles. The van der Waals surface area contributed by atoms with Crippen LogP contribution < -0.4 is 5.32 Å². The topological polar surface area (TPSA) is 24.9 Å². The molecule has 0 spiro atoms. The fraction of sp³-hybridized carbons (Fsp3) is 0.708. The third kappa shape index (κ3) is 2.37. The average molecular weight is 351 g/mol. The Morgan fingerprint density at radius 3 is 2.88 bits per heavy atom. The molecule has 1 aromatic rings. The van der Waals surface area contributed by atoms with Crippen LogP contribution in [0.15, 0.2) is 30.6 Å². The van der Waals surface area contributed by atoms with Crippen LogP contribution >= 0.6 is 0 Å². The van der Waals surface area contributed by atoms with Gasteiger partial charge < -0.3 is 5.32 Å². The van der Waals surface area contributed by atoms with Gasteiger partial charge in [0.1, 0.15) is 0 Å². The summed E-state index contributed by atoms with van der Waals surface area (Å²) in [4.78, 5) is 4.41. The lowest BCUT2D eigenvalue weighted by Crippen LogP contribution is -2.52. The van der Waals surface area contributed by atoms with E-state index in [1.54, 1.807) is 5.57 Å². The number of nitrogens with zero attached hydrogens (tertiary/aromatic N) is 1. The first-order valence-corrected chi connectivity index (χ1v) is 10.9. The number of pyridine rings is 1. The predicted molar refractivity (Wildman–Crippen MR) is 108 cm³/mol. The molecule has 2 heterocycles. The van der Waals surface area contributed by atoms with Crippen molar-refractivity contribution in [2.75, 3.05) is 13.1 Å². The summed E-state index contributed by atoms with van der Waals surface area (Å²) >= 11 is 0. The van der Waals surface area contributed by atoms with Crippen molar-refractivity contribution in [2.24, 2.45) is 34.5 Å². The van der Waals surface area contributed by atoms with E-state index in [4.69, 9.17) is 0 Å². The number of hydrogen-bond donors (Lipinski definition) is 1. The summed E-state index contributed by atoms with van der Waals surface area (Å²) in [6.07, 6.45) is 16.4. The summed E-state index contributed by atoms with van der Waals surface area (Å²) in [7, 11) is 0. The monoisotopic (exact) mass is 350 g/mol. The summed E-state index contributed by atoms with van der Waals surface area (Å²) in [5, 5.41) is 3.73. The molecule has 0 radical (unpaired) electrons. The highest BCUT2D eigenvalue weighted by Crippen LogP contribution is 2.66. The van der Waals surface area contributed by atoms with Gasteiger partial charge in [-0.05, 0) is 110 Å². The van der Waals surface area contributed by atoms with Crippen LogP contribution in [0.5, 0.6) is 0 Å². The zero-order valence-corrected chi connectivity index (χ0v) is 16.5. The van der Waals surface area contributed by atoms with E-state index in [9.17, 15) is 0 Å². The molecule has 1 N–H and O–H groups in total. The molecular formula is C24H34N2. The van der Waals surface area contributed by atoms with Gasteiger partial charge in [0.15, 0.2) is 0 Å². The van der Waals surface area contributed by atoms with Crippen molar-refractivity contribution >= 4 is 5.57 Å². The first-order chi connectivity index (χ1) is 12.6. The minimum Gasteiger partial charge on any atom is -0.316 e. The lowest BCUT2D eigenvalue weighted by Gasteiger charge is -2.58. The maximum atomic E-state index is 4.41. The minimum atomic E-state index is 0.371. The van der Waals surface area contributed by atoms with Crippen molar-refractivity contribution in [1.82, 2.24) is 10.3 Å². The zero-order chi connectivity index (χ0) is 17.8. The van der Waals surface area contributed by atoms with Crippen LogP contribution in [0.25, 0.3) is 5.57 Å². The summed E-state index contributed by atoms with van der Waals surface area (Å²) in [5.41, 5.74) is 3.92. The van der Waals surface area contributed by atoms with Crippen molar-refractivity contribution in [2.45, 2.75) is 58.8 Å². The zero-order valence-electron chi connectivity index (χ0n) is 16.5. The van der Waals surface area contributed by atoms with Gasteiger partial charge in [0.05, 0.1) is 0 Å². The minimum absolute atomic E-state index is 0.371. The van der Waals surface area contributed by atoms with Crippen LogP contribution in [0.4, 0.5) is 0 Å². The summed E-state index contributed by atoms with van der Waals surface area (Å²) < 4.78 is 0. The van der Waals surface area contributed by atoms with Crippen molar-refractivity contribution in [1.29, 1.82) is 0 Å². The second kappa shape index (κ2) is 6.19. The van der Waals surface area contributed by atoms with Crippen molar-refractivity contribution in [3.8, 4) is 0 Å². The van der Waals surface area contributed by atoms with Gasteiger partial charge in [-0.15, -0.1) is 0 Å². The van der Waals surface area contributed by atoms with Gasteiger partial charge in [0.25, 0.3) is 0 Å². The Kier molecular flexibility index (Phi) is 4.04. The SMILES string of the molecule is CC12CCC3C(CCC4CNCCCC43C)C1CC=C2c1cccnc1. The second-order valence-corrected chi connectivity index (χ2v) is 10.0. The van der Waals surface area contributed by atoms with Crippen LogP contribution in [0.2, 0.25) is 0 Å².